The van der Waals surface area contributed by atoms with Crippen LogP contribution < -0.4 is 20.1 Å². The number of carbonyl (C=O) groups is 1. The fourth-order valence-corrected chi connectivity index (χ4v) is 3.01. The van der Waals surface area contributed by atoms with Crippen LogP contribution >= 0.6 is 0 Å². The van der Waals surface area contributed by atoms with Crippen molar-refractivity contribution in [2.24, 2.45) is 0 Å². The van der Waals surface area contributed by atoms with E-state index < -0.39 is 0 Å². The summed E-state index contributed by atoms with van der Waals surface area (Å²) in [6.07, 6.45) is 2.10. The van der Waals surface area contributed by atoms with Crippen molar-refractivity contribution in [1.29, 1.82) is 0 Å². The van der Waals surface area contributed by atoms with E-state index in [9.17, 15) is 4.79 Å². The van der Waals surface area contributed by atoms with Crippen molar-refractivity contribution in [3.05, 3.63) is 23.8 Å². The predicted molar refractivity (Wildman–Crippen MR) is 81.6 cm³/mol. The molecule has 0 bridgehead atoms. The van der Waals surface area contributed by atoms with Gasteiger partial charge in [0.1, 0.15) is 13.2 Å². The van der Waals surface area contributed by atoms with Gasteiger partial charge < -0.3 is 24.8 Å². The highest BCUT2D eigenvalue weighted by atomic mass is 16.6. The average molecular weight is 306 g/mol. The minimum absolute atomic E-state index is 0.110. The highest BCUT2D eigenvalue weighted by molar-refractivity contribution is 5.95. The zero-order valence-corrected chi connectivity index (χ0v) is 12.8. The number of ether oxygens (including phenoxy) is 3. The summed E-state index contributed by atoms with van der Waals surface area (Å²) >= 11 is 0. The molecule has 0 aromatic heterocycles. The Morgan fingerprint density at radius 3 is 2.91 bits per heavy atom. The Labute approximate surface area is 130 Å². The fraction of sp³-hybridized carbons (Fsp3) is 0.562. The number of fused-ring (bicyclic) bond motifs is 1. The molecular formula is C16H22N2O4. The predicted octanol–water partition coefficient (Wildman–Crippen LogP) is 0.956. The molecule has 1 unspecified atom stereocenters. The maximum atomic E-state index is 12.4. The zero-order valence-electron chi connectivity index (χ0n) is 12.8. The second-order valence-corrected chi connectivity index (χ2v) is 5.78. The van der Waals surface area contributed by atoms with Crippen LogP contribution in [0.2, 0.25) is 0 Å². The third-order valence-corrected chi connectivity index (χ3v) is 4.14. The van der Waals surface area contributed by atoms with Gasteiger partial charge in [-0.1, -0.05) is 0 Å². The fourth-order valence-electron chi connectivity index (χ4n) is 3.01. The number of hydrogen-bond acceptors (Lipinski definition) is 5. The Hall–Kier alpha value is -1.79. The molecule has 1 saturated heterocycles. The van der Waals surface area contributed by atoms with E-state index in [0.29, 0.717) is 43.4 Å². The Morgan fingerprint density at radius 2 is 2.18 bits per heavy atom. The van der Waals surface area contributed by atoms with Crippen LogP contribution in [-0.4, -0.2) is 51.5 Å². The van der Waals surface area contributed by atoms with E-state index >= 15 is 0 Å². The Kier molecular flexibility index (Phi) is 4.49. The minimum atomic E-state index is -0.155. The van der Waals surface area contributed by atoms with Crippen molar-refractivity contribution >= 4 is 5.91 Å². The molecule has 1 aromatic rings. The normalized spacial score (nSPS) is 23.3. The van der Waals surface area contributed by atoms with Gasteiger partial charge in [-0.2, -0.15) is 0 Å². The van der Waals surface area contributed by atoms with Crippen molar-refractivity contribution in [3.8, 4) is 11.5 Å². The molecule has 2 N–H and O–H groups in total. The first-order valence-corrected chi connectivity index (χ1v) is 7.64. The van der Waals surface area contributed by atoms with E-state index in [-0.39, 0.29) is 11.4 Å². The number of carbonyl (C=O) groups excluding carboxylic acids is 1. The quantitative estimate of drug-likeness (QED) is 0.848. The molecule has 0 radical (unpaired) electrons. The maximum absolute atomic E-state index is 12.4. The van der Waals surface area contributed by atoms with Crippen molar-refractivity contribution in [2.45, 2.75) is 18.4 Å². The van der Waals surface area contributed by atoms with Crippen molar-refractivity contribution in [1.82, 2.24) is 10.6 Å². The minimum Gasteiger partial charge on any atom is -0.486 e. The monoisotopic (exact) mass is 306 g/mol. The van der Waals surface area contributed by atoms with Crippen LogP contribution in [-0.2, 0) is 4.74 Å². The molecule has 6 heteroatoms. The number of nitrogens with one attached hydrogen (secondary N) is 2. The highest BCUT2D eigenvalue weighted by Gasteiger charge is 2.33. The van der Waals surface area contributed by atoms with Crippen LogP contribution in [0.25, 0.3) is 0 Å². The molecule has 22 heavy (non-hydrogen) atoms. The summed E-state index contributed by atoms with van der Waals surface area (Å²) in [6, 6.07) is 5.27. The second-order valence-electron chi connectivity index (χ2n) is 5.78. The van der Waals surface area contributed by atoms with E-state index in [1.54, 1.807) is 25.3 Å². The lowest BCUT2D eigenvalue weighted by Gasteiger charge is -2.29. The molecule has 0 saturated carbocycles. The zero-order chi connectivity index (χ0) is 15.4. The van der Waals surface area contributed by atoms with Crippen molar-refractivity contribution in [3.63, 3.8) is 0 Å². The summed E-state index contributed by atoms with van der Waals surface area (Å²) < 4.78 is 16.3. The van der Waals surface area contributed by atoms with Gasteiger partial charge in [0, 0.05) is 19.2 Å². The molecule has 0 aliphatic carbocycles. The maximum Gasteiger partial charge on any atom is 0.251 e. The van der Waals surface area contributed by atoms with Crippen LogP contribution in [0.5, 0.6) is 11.5 Å². The summed E-state index contributed by atoms with van der Waals surface area (Å²) in [5.74, 6) is 1.21. The van der Waals surface area contributed by atoms with E-state index in [1.807, 2.05) is 0 Å². The van der Waals surface area contributed by atoms with Gasteiger partial charge in [-0.05, 0) is 37.6 Å². The van der Waals surface area contributed by atoms with Crippen LogP contribution in [0.4, 0.5) is 0 Å². The first-order valence-electron chi connectivity index (χ1n) is 7.64. The van der Waals surface area contributed by atoms with Gasteiger partial charge in [0.05, 0.1) is 12.1 Å². The molecule has 1 fully saturated rings. The number of methoxy groups -OCH3 is 1. The van der Waals surface area contributed by atoms with Gasteiger partial charge in [0.15, 0.2) is 11.5 Å². The molecule has 3 rings (SSSR count). The van der Waals surface area contributed by atoms with E-state index in [0.717, 1.165) is 19.4 Å². The SMILES string of the molecule is COCC1(CNC(=O)c2ccc3c(c2)OCCO3)CCCN1. The highest BCUT2D eigenvalue weighted by Crippen LogP contribution is 2.30. The summed E-state index contributed by atoms with van der Waals surface area (Å²) in [4.78, 5) is 12.4. The topological polar surface area (TPSA) is 68.8 Å². The van der Waals surface area contributed by atoms with E-state index in [1.165, 1.54) is 0 Å². The number of hydrogen-bond donors (Lipinski definition) is 2. The molecule has 1 atom stereocenters. The summed E-state index contributed by atoms with van der Waals surface area (Å²) in [7, 11) is 1.68. The molecule has 6 nitrogen and oxygen atoms in total. The van der Waals surface area contributed by atoms with Crippen LogP contribution in [0.1, 0.15) is 23.2 Å². The molecule has 2 aliphatic heterocycles. The summed E-state index contributed by atoms with van der Waals surface area (Å²) in [5, 5.41) is 6.44. The third-order valence-electron chi connectivity index (χ3n) is 4.14. The van der Waals surface area contributed by atoms with Crippen molar-refractivity contribution < 1.29 is 19.0 Å². The lowest BCUT2D eigenvalue weighted by Crippen LogP contribution is -2.53. The lowest BCUT2D eigenvalue weighted by molar-refractivity contribution is 0.0891. The molecule has 2 heterocycles. The Balaban J connectivity index is 1.64. The van der Waals surface area contributed by atoms with Gasteiger partial charge in [0.2, 0.25) is 0 Å². The number of benzene rings is 1. The van der Waals surface area contributed by atoms with Gasteiger partial charge in [-0.25, -0.2) is 0 Å². The molecule has 0 spiro atoms. The Morgan fingerprint density at radius 1 is 1.36 bits per heavy atom. The third kappa shape index (κ3) is 3.18. The largest absolute Gasteiger partial charge is 0.486 e. The Bertz CT molecular complexity index is 541. The number of amides is 1. The van der Waals surface area contributed by atoms with Crippen LogP contribution in [0.3, 0.4) is 0 Å². The van der Waals surface area contributed by atoms with Gasteiger partial charge >= 0.3 is 0 Å². The van der Waals surface area contributed by atoms with Gasteiger partial charge in [-0.15, -0.1) is 0 Å². The molecule has 120 valence electrons. The van der Waals surface area contributed by atoms with Crippen LogP contribution in [0, 0.1) is 0 Å². The summed E-state index contributed by atoms with van der Waals surface area (Å²) in [5.41, 5.74) is 0.424. The first kappa shape index (κ1) is 15.1. The first-order chi connectivity index (χ1) is 10.7. The van der Waals surface area contributed by atoms with Gasteiger partial charge in [-0.3, -0.25) is 4.79 Å². The smallest absolute Gasteiger partial charge is 0.251 e. The molecule has 2 aliphatic rings. The van der Waals surface area contributed by atoms with Crippen LogP contribution in [0.15, 0.2) is 18.2 Å². The standard InChI is InChI=1S/C16H22N2O4/c1-20-11-16(5-2-6-18-16)10-17-15(19)12-3-4-13-14(9-12)22-8-7-21-13/h3-4,9,18H,2,5-8,10-11H2,1H3,(H,17,19). The average Bonchev–Trinajstić information content (AvgIpc) is 3.01. The lowest BCUT2D eigenvalue weighted by atomic mass is 9.98. The van der Waals surface area contributed by atoms with E-state index in [2.05, 4.69) is 10.6 Å². The number of rotatable bonds is 5. The molecular weight excluding hydrogens is 284 g/mol. The second kappa shape index (κ2) is 6.54. The summed E-state index contributed by atoms with van der Waals surface area (Å²) in [6.45, 7) is 3.16. The van der Waals surface area contributed by atoms with Gasteiger partial charge in [0.25, 0.3) is 5.91 Å². The molecule has 1 aromatic carbocycles. The molecule has 1 amide bonds. The van der Waals surface area contributed by atoms with Crippen molar-refractivity contribution in [2.75, 3.05) is 40.0 Å². The van der Waals surface area contributed by atoms with E-state index in [4.69, 9.17) is 14.2 Å².